The highest BCUT2D eigenvalue weighted by Crippen LogP contribution is 2.63. The van der Waals surface area contributed by atoms with E-state index in [0.717, 1.165) is 22.7 Å². The molecule has 268 valence electrons. The van der Waals surface area contributed by atoms with Crippen LogP contribution in [0.5, 0.6) is 0 Å². The summed E-state index contributed by atoms with van der Waals surface area (Å²) >= 11 is 0. The van der Waals surface area contributed by atoms with Gasteiger partial charge < -0.3 is 9.80 Å². The van der Waals surface area contributed by atoms with Crippen LogP contribution in [0.15, 0.2) is 231 Å². The summed E-state index contributed by atoms with van der Waals surface area (Å²) < 4.78 is 0. The largest absolute Gasteiger partial charge is 0.311 e. The minimum Gasteiger partial charge on any atom is -0.311 e. The van der Waals surface area contributed by atoms with Crippen LogP contribution in [0.4, 0.5) is 34.1 Å². The monoisotopic (exact) mass is 726 g/mol. The summed E-state index contributed by atoms with van der Waals surface area (Å²) in [5.74, 6) is 0. The average Bonchev–Trinajstić information content (AvgIpc) is 3.59. The van der Waals surface area contributed by atoms with Crippen LogP contribution >= 0.6 is 0 Å². The zero-order chi connectivity index (χ0) is 37.8. The van der Waals surface area contributed by atoms with E-state index in [1.54, 1.807) is 0 Å². The molecule has 57 heavy (non-hydrogen) atoms. The quantitative estimate of drug-likeness (QED) is 0.168. The van der Waals surface area contributed by atoms with E-state index < -0.39 is 5.41 Å². The number of fused-ring (bicyclic) bond motifs is 9. The molecule has 0 saturated heterocycles. The molecule has 1 aliphatic heterocycles. The molecule has 0 atom stereocenters. The Morgan fingerprint density at radius 1 is 0.281 bits per heavy atom. The molecule has 11 rings (SSSR count). The maximum atomic E-state index is 2.46. The van der Waals surface area contributed by atoms with Gasteiger partial charge in [0.25, 0.3) is 0 Å². The molecule has 0 N–H and O–H groups in total. The Morgan fingerprint density at radius 3 is 1.05 bits per heavy atom. The highest BCUT2D eigenvalue weighted by Gasteiger charge is 2.51. The first kappa shape index (κ1) is 33.0. The first-order chi connectivity index (χ1) is 28.3. The van der Waals surface area contributed by atoms with Gasteiger partial charge in [-0.1, -0.05) is 170 Å². The Kier molecular flexibility index (Phi) is 7.75. The number of anilines is 6. The van der Waals surface area contributed by atoms with E-state index in [4.69, 9.17) is 0 Å². The smallest absolute Gasteiger partial charge is 0.0754 e. The van der Waals surface area contributed by atoms with Gasteiger partial charge in [-0.2, -0.15) is 0 Å². The third-order valence-electron chi connectivity index (χ3n) is 11.9. The van der Waals surface area contributed by atoms with Gasteiger partial charge in [-0.05, 0) is 116 Å². The lowest BCUT2D eigenvalue weighted by atomic mass is 9.64. The first-order valence-corrected chi connectivity index (χ1v) is 19.7. The zero-order valence-electron chi connectivity index (χ0n) is 31.3. The molecular weight excluding hydrogens is 689 g/mol. The third kappa shape index (κ3) is 5.18. The molecule has 0 radical (unpaired) electrons. The summed E-state index contributed by atoms with van der Waals surface area (Å²) in [7, 11) is 0. The molecule has 0 bridgehead atoms. The number of benzene rings is 9. The molecule has 9 aromatic rings. The van der Waals surface area contributed by atoms with Crippen LogP contribution in [0.3, 0.4) is 0 Å². The Bertz CT molecular complexity index is 2700. The van der Waals surface area contributed by atoms with E-state index >= 15 is 0 Å². The molecule has 1 heterocycles. The molecule has 0 aromatic heterocycles. The maximum Gasteiger partial charge on any atom is 0.0754 e. The van der Waals surface area contributed by atoms with Crippen molar-refractivity contribution in [3.63, 3.8) is 0 Å². The van der Waals surface area contributed by atoms with Gasteiger partial charge in [0, 0.05) is 22.7 Å². The van der Waals surface area contributed by atoms with E-state index in [0.29, 0.717) is 0 Å². The minimum absolute atomic E-state index is 0.425. The Hall–Kier alpha value is -7.42. The Morgan fingerprint density at radius 2 is 0.614 bits per heavy atom. The molecule has 0 amide bonds. The molecule has 9 aromatic carbocycles. The van der Waals surface area contributed by atoms with Crippen LogP contribution in [-0.4, -0.2) is 0 Å². The van der Waals surface area contributed by atoms with Crippen molar-refractivity contribution in [3.05, 3.63) is 253 Å². The summed E-state index contributed by atoms with van der Waals surface area (Å²) in [6, 6.07) is 84.0. The lowest BCUT2D eigenvalue weighted by molar-refractivity contribution is 0.752. The molecule has 0 saturated carbocycles. The van der Waals surface area contributed by atoms with Crippen LogP contribution in [0.2, 0.25) is 0 Å². The second-order valence-electron chi connectivity index (χ2n) is 14.9. The Labute approximate surface area is 334 Å². The predicted octanol–water partition coefficient (Wildman–Crippen LogP) is 14.6. The van der Waals surface area contributed by atoms with Crippen molar-refractivity contribution < 1.29 is 0 Å². The lowest BCUT2D eigenvalue weighted by Gasteiger charge is -2.45. The first-order valence-electron chi connectivity index (χ1n) is 19.7. The van der Waals surface area contributed by atoms with Gasteiger partial charge in [0.15, 0.2) is 0 Å². The summed E-state index contributed by atoms with van der Waals surface area (Å²) in [6.07, 6.45) is 0. The highest BCUT2D eigenvalue weighted by molar-refractivity contribution is 5.96. The number of rotatable bonds is 6. The van der Waals surface area contributed by atoms with Gasteiger partial charge in [-0.25, -0.2) is 0 Å². The fourth-order valence-corrected chi connectivity index (χ4v) is 9.40. The summed E-state index contributed by atoms with van der Waals surface area (Å²) in [4.78, 5) is 4.81. The van der Waals surface area contributed by atoms with Gasteiger partial charge >= 0.3 is 0 Å². The normalized spacial score (nSPS) is 13.0. The van der Waals surface area contributed by atoms with Gasteiger partial charge in [0.2, 0.25) is 0 Å². The highest BCUT2D eigenvalue weighted by atomic mass is 15.2. The van der Waals surface area contributed by atoms with Crippen molar-refractivity contribution in [2.24, 2.45) is 0 Å². The number of hydrogen-bond acceptors (Lipinski definition) is 2. The molecule has 0 fully saturated rings. The van der Waals surface area contributed by atoms with Gasteiger partial charge in [-0.3, -0.25) is 0 Å². The second-order valence-corrected chi connectivity index (χ2v) is 14.9. The molecule has 1 spiro atoms. The fourth-order valence-electron chi connectivity index (χ4n) is 9.40. The molecule has 2 aliphatic rings. The van der Waals surface area contributed by atoms with E-state index in [-0.39, 0.29) is 0 Å². The average molecular weight is 727 g/mol. The number of hydrogen-bond donors (Lipinski definition) is 0. The molecular formula is C55H38N2. The predicted molar refractivity (Wildman–Crippen MR) is 238 cm³/mol. The van der Waals surface area contributed by atoms with Crippen molar-refractivity contribution in [2.75, 3.05) is 9.80 Å². The van der Waals surface area contributed by atoms with Crippen LogP contribution in [0.25, 0.3) is 33.4 Å². The molecule has 2 heteroatoms. The van der Waals surface area contributed by atoms with Crippen LogP contribution < -0.4 is 9.80 Å². The number of nitrogens with zero attached hydrogens (tertiary/aromatic N) is 2. The van der Waals surface area contributed by atoms with E-state index in [1.165, 1.54) is 67.0 Å². The van der Waals surface area contributed by atoms with Gasteiger partial charge in [0.1, 0.15) is 0 Å². The standard InChI is InChI=1S/C55H38N2/c1-3-15-39(16-4-1)41-27-31-43(32-28-41)56(44-33-29-42(30-34-44)40-17-5-2-6-18-40)45-35-37-46(38-36-45)57-53-25-13-11-23-51(53)55(52-24-12-14-26-54(52)57)49-21-9-7-19-47(49)48-20-8-10-22-50(48)55/h1-38H. The van der Waals surface area contributed by atoms with Crippen molar-refractivity contribution in [2.45, 2.75) is 5.41 Å². The topological polar surface area (TPSA) is 6.48 Å². The molecule has 0 unspecified atom stereocenters. The van der Waals surface area contributed by atoms with Crippen LogP contribution in [-0.2, 0) is 5.41 Å². The van der Waals surface area contributed by atoms with Crippen molar-refractivity contribution in [3.8, 4) is 33.4 Å². The minimum atomic E-state index is -0.425. The van der Waals surface area contributed by atoms with Crippen LogP contribution in [0, 0.1) is 0 Å². The summed E-state index contributed by atoms with van der Waals surface area (Å²) in [5.41, 5.74) is 19.1. The second kappa shape index (κ2) is 13.4. The molecule has 2 nitrogen and oxygen atoms in total. The van der Waals surface area contributed by atoms with Crippen molar-refractivity contribution in [1.29, 1.82) is 0 Å². The Balaban J connectivity index is 1.03. The van der Waals surface area contributed by atoms with E-state index in [2.05, 4.69) is 240 Å². The van der Waals surface area contributed by atoms with Gasteiger partial charge in [0.05, 0.1) is 16.8 Å². The summed E-state index contributed by atoms with van der Waals surface area (Å²) in [6.45, 7) is 0. The van der Waals surface area contributed by atoms with Crippen molar-refractivity contribution in [1.82, 2.24) is 0 Å². The van der Waals surface area contributed by atoms with E-state index in [9.17, 15) is 0 Å². The van der Waals surface area contributed by atoms with E-state index in [1.807, 2.05) is 0 Å². The summed E-state index contributed by atoms with van der Waals surface area (Å²) in [5, 5.41) is 0. The third-order valence-corrected chi connectivity index (χ3v) is 11.9. The maximum absolute atomic E-state index is 2.46. The molecule has 1 aliphatic carbocycles. The van der Waals surface area contributed by atoms with Crippen molar-refractivity contribution >= 4 is 34.1 Å². The number of para-hydroxylation sites is 2. The van der Waals surface area contributed by atoms with Crippen LogP contribution in [0.1, 0.15) is 22.3 Å². The lowest BCUT2D eigenvalue weighted by Crippen LogP contribution is -2.36. The van der Waals surface area contributed by atoms with Gasteiger partial charge in [-0.15, -0.1) is 0 Å². The SMILES string of the molecule is c1ccc(-c2ccc(N(c3ccc(-c4ccccc4)cc3)c3ccc(N4c5ccccc5C5(c6ccccc6-c6ccccc65)c5ccccc54)cc3)cc2)cc1. The zero-order valence-corrected chi connectivity index (χ0v) is 31.3. The fraction of sp³-hybridized carbons (Fsp3) is 0.0182.